The summed E-state index contributed by atoms with van der Waals surface area (Å²) < 4.78 is 6.22. The van der Waals surface area contributed by atoms with Crippen molar-refractivity contribution in [3.05, 3.63) is 71.9 Å². The normalized spacial score (nSPS) is 30.9. The van der Waals surface area contributed by atoms with Crippen LogP contribution in [0.25, 0.3) is 10.9 Å². The van der Waals surface area contributed by atoms with Crippen LogP contribution in [-0.4, -0.2) is 21.1 Å². The van der Waals surface area contributed by atoms with Gasteiger partial charge in [0, 0.05) is 32.6 Å². The van der Waals surface area contributed by atoms with E-state index in [2.05, 4.69) is 20.9 Å². The molecule has 7 rings (SSSR count). The third kappa shape index (κ3) is 3.84. The molecule has 0 saturated heterocycles. The van der Waals surface area contributed by atoms with E-state index in [1.165, 1.54) is 19.3 Å². The van der Waals surface area contributed by atoms with Crippen LogP contribution >= 0.6 is 15.9 Å². The molecule has 5 atom stereocenters. The summed E-state index contributed by atoms with van der Waals surface area (Å²) in [7, 11) is 0. The van der Waals surface area contributed by atoms with E-state index in [0.29, 0.717) is 29.4 Å². The maximum absolute atomic E-state index is 13.7. The number of ketones is 1. The van der Waals surface area contributed by atoms with Gasteiger partial charge in [0.25, 0.3) is 0 Å². The molecule has 5 heteroatoms. The van der Waals surface area contributed by atoms with Gasteiger partial charge in [-0.2, -0.15) is 0 Å². The van der Waals surface area contributed by atoms with E-state index in [1.807, 2.05) is 54.6 Å². The summed E-state index contributed by atoms with van der Waals surface area (Å²) in [6.45, 7) is 0. The number of benzene rings is 2. The van der Waals surface area contributed by atoms with Crippen LogP contribution in [0.15, 0.2) is 60.8 Å². The van der Waals surface area contributed by atoms with Crippen LogP contribution in [0, 0.1) is 17.3 Å². The van der Waals surface area contributed by atoms with Gasteiger partial charge in [-0.1, -0.05) is 64.5 Å². The molecular weight excluding hydrogens is 478 g/mol. The molecule has 1 N–H and O–H groups in total. The zero-order chi connectivity index (χ0) is 22.6. The third-order valence-electron chi connectivity index (χ3n) is 8.07. The molecule has 4 aliphatic rings. The van der Waals surface area contributed by atoms with Gasteiger partial charge < -0.3 is 9.72 Å². The molecule has 170 valence electrons. The zero-order valence-electron chi connectivity index (χ0n) is 18.6. The molecule has 4 bridgehead atoms. The molecule has 4 aliphatic carbocycles. The van der Waals surface area contributed by atoms with Crippen molar-refractivity contribution in [2.75, 3.05) is 0 Å². The van der Waals surface area contributed by atoms with E-state index in [-0.39, 0.29) is 21.5 Å². The van der Waals surface area contributed by atoms with E-state index < -0.39 is 6.10 Å². The number of carbonyl (C=O) groups excluding carboxylic acids is 2. The number of halogens is 1. The minimum atomic E-state index is -0.940. The van der Waals surface area contributed by atoms with Crippen LogP contribution in [-0.2, 0) is 9.53 Å². The van der Waals surface area contributed by atoms with Gasteiger partial charge in [0.05, 0.1) is 6.42 Å². The Bertz CT molecular complexity index is 1200. The molecule has 4 fully saturated rings. The van der Waals surface area contributed by atoms with Crippen LogP contribution in [0.3, 0.4) is 0 Å². The number of hydrogen-bond donors (Lipinski definition) is 1. The fourth-order valence-corrected chi connectivity index (χ4v) is 8.85. The highest BCUT2D eigenvalue weighted by Crippen LogP contribution is 2.65. The summed E-state index contributed by atoms with van der Waals surface area (Å²) >= 11 is 4.03. The Kier molecular flexibility index (Phi) is 5.02. The Hall–Kier alpha value is -2.40. The first-order valence-electron chi connectivity index (χ1n) is 12.0. The number of carbonyl (C=O) groups is 2. The van der Waals surface area contributed by atoms with Gasteiger partial charge in [0.15, 0.2) is 6.10 Å². The summed E-state index contributed by atoms with van der Waals surface area (Å²) in [5.74, 6) is 0.969. The van der Waals surface area contributed by atoms with Gasteiger partial charge in [-0.3, -0.25) is 9.59 Å². The molecule has 0 amide bonds. The largest absolute Gasteiger partial charge is 0.449 e. The maximum Gasteiger partial charge on any atom is 0.307 e. The molecule has 1 heterocycles. The first-order valence-corrected chi connectivity index (χ1v) is 12.8. The van der Waals surface area contributed by atoms with E-state index in [1.54, 1.807) is 6.20 Å². The first-order chi connectivity index (χ1) is 15.9. The average Bonchev–Trinajstić information content (AvgIpc) is 3.20. The maximum atomic E-state index is 13.7. The van der Waals surface area contributed by atoms with Gasteiger partial charge in [0.1, 0.15) is 0 Å². The SMILES string of the molecule is O=C(CC12C[C@@H]3C[C@@H](CC(Br)(C3)C1)C2)O[C@@H](C(=O)c1c[nH]c2ccccc12)c1ccccc1. The Morgan fingerprint density at radius 2 is 1.70 bits per heavy atom. The molecule has 3 aromatic rings. The van der Waals surface area contributed by atoms with E-state index in [9.17, 15) is 9.59 Å². The van der Waals surface area contributed by atoms with Gasteiger partial charge in [-0.05, 0) is 61.8 Å². The summed E-state index contributed by atoms with van der Waals surface area (Å²) in [5, 5.41) is 0.849. The number of Topliss-reactive ketones (excluding diaryl/α,β-unsaturated/α-hetero) is 1. The van der Waals surface area contributed by atoms with Gasteiger partial charge in [-0.25, -0.2) is 0 Å². The number of ether oxygens (including phenoxy) is 1. The van der Waals surface area contributed by atoms with Crippen molar-refractivity contribution in [3.63, 3.8) is 0 Å². The molecule has 0 aliphatic heterocycles. The van der Waals surface area contributed by atoms with Crippen molar-refractivity contribution in [2.24, 2.45) is 17.3 Å². The molecular formula is C28H28BrNO3. The van der Waals surface area contributed by atoms with Gasteiger partial charge in [-0.15, -0.1) is 0 Å². The summed E-state index contributed by atoms with van der Waals surface area (Å²) in [5.41, 5.74) is 2.18. The number of hydrogen-bond acceptors (Lipinski definition) is 3. The van der Waals surface area contributed by atoms with E-state index in [0.717, 1.165) is 30.2 Å². The van der Waals surface area contributed by atoms with Crippen LogP contribution in [0.5, 0.6) is 0 Å². The predicted molar refractivity (Wildman–Crippen MR) is 131 cm³/mol. The summed E-state index contributed by atoms with van der Waals surface area (Å²) in [6, 6.07) is 17.1. The predicted octanol–water partition coefficient (Wildman–Crippen LogP) is 6.76. The quantitative estimate of drug-likeness (QED) is 0.228. The van der Waals surface area contributed by atoms with Crippen molar-refractivity contribution in [3.8, 4) is 0 Å². The number of aromatic amines is 1. The minimum absolute atomic E-state index is 0.00966. The topological polar surface area (TPSA) is 59.2 Å². The number of rotatable bonds is 6. The van der Waals surface area contributed by atoms with Crippen LogP contribution in [0.2, 0.25) is 0 Å². The molecule has 4 nitrogen and oxygen atoms in total. The van der Waals surface area contributed by atoms with Gasteiger partial charge >= 0.3 is 5.97 Å². The smallest absolute Gasteiger partial charge is 0.307 e. The van der Waals surface area contributed by atoms with Crippen molar-refractivity contribution in [2.45, 2.75) is 55.4 Å². The fourth-order valence-electron chi connectivity index (χ4n) is 7.34. The second-order valence-corrected chi connectivity index (χ2v) is 12.4. The second-order valence-electron chi connectivity index (χ2n) is 10.7. The first kappa shape index (κ1) is 21.2. The van der Waals surface area contributed by atoms with Crippen molar-refractivity contribution in [1.29, 1.82) is 0 Å². The van der Waals surface area contributed by atoms with Crippen molar-refractivity contribution >= 4 is 38.6 Å². The Labute approximate surface area is 202 Å². The Balaban J connectivity index is 1.27. The van der Waals surface area contributed by atoms with E-state index in [4.69, 9.17) is 4.74 Å². The Morgan fingerprint density at radius 3 is 2.42 bits per heavy atom. The number of H-pyrrole nitrogens is 1. The van der Waals surface area contributed by atoms with Crippen LogP contribution in [0.1, 0.15) is 67.0 Å². The monoisotopic (exact) mass is 505 g/mol. The number of para-hydroxylation sites is 1. The number of aromatic nitrogens is 1. The molecule has 2 unspecified atom stereocenters. The molecule has 0 spiro atoms. The van der Waals surface area contributed by atoms with Crippen LogP contribution < -0.4 is 0 Å². The number of fused-ring (bicyclic) bond motifs is 1. The molecule has 0 radical (unpaired) electrons. The number of esters is 1. The highest BCUT2D eigenvalue weighted by Gasteiger charge is 2.57. The standard InChI is InChI=1S/C28H28BrNO3/c29-28-13-18-10-19(14-28)12-27(11-18,17-28)15-24(31)33-26(20-6-2-1-3-7-20)25(32)22-16-30-23-9-5-4-8-21(22)23/h1-9,16,18-19,26,30H,10-15,17H2/t18-,19+,26-,27?,28?/m1/s1. The summed E-state index contributed by atoms with van der Waals surface area (Å²) in [6.07, 6.45) is 8.20. The molecule has 2 aromatic carbocycles. The fraction of sp³-hybridized carbons (Fsp3) is 0.429. The van der Waals surface area contributed by atoms with Gasteiger partial charge in [0.2, 0.25) is 5.78 Å². The van der Waals surface area contributed by atoms with Crippen molar-refractivity contribution in [1.82, 2.24) is 4.98 Å². The third-order valence-corrected chi connectivity index (χ3v) is 9.00. The van der Waals surface area contributed by atoms with Crippen LogP contribution in [0.4, 0.5) is 0 Å². The highest BCUT2D eigenvalue weighted by atomic mass is 79.9. The lowest BCUT2D eigenvalue weighted by atomic mass is 9.49. The minimum Gasteiger partial charge on any atom is -0.449 e. The van der Waals surface area contributed by atoms with E-state index >= 15 is 0 Å². The Morgan fingerprint density at radius 1 is 1.00 bits per heavy atom. The highest BCUT2D eigenvalue weighted by molar-refractivity contribution is 9.10. The summed E-state index contributed by atoms with van der Waals surface area (Å²) in [4.78, 5) is 30.2. The number of nitrogens with one attached hydrogen (secondary N) is 1. The molecule has 4 saturated carbocycles. The second kappa shape index (κ2) is 7.83. The lowest BCUT2D eigenvalue weighted by molar-refractivity contribution is -0.154. The number of alkyl halides is 1. The lowest BCUT2D eigenvalue weighted by Gasteiger charge is -2.60. The molecule has 33 heavy (non-hydrogen) atoms. The average molecular weight is 506 g/mol. The molecule has 1 aromatic heterocycles. The van der Waals surface area contributed by atoms with Crippen molar-refractivity contribution < 1.29 is 14.3 Å². The zero-order valence-corrected chi connectivity index (χ0v) is 20.1. The lowest BCUT2D eigenvalue weighted by Crippen LogP contribution is -2.53.